The number of ketones is 1. The fourth-order valence-corrected chi connectivity index (χ4v) is 4.00. The van der Waals surface area contributed by atoms with Gasteiger partial charge in [0, 0.05) is 13.0 Å². The standard InChI is InChI=1S/C24H30N2O4/c1-5-25(6-2)14-7-15-26-21(18-11-8-16(3)9-12-18)20(23(28)24(26)29)22(27)19-13-10-17(4)30-19/h8-13,21,28H,5-7,14-15H2,1-4H3/p+1/t21-/m0/s1. The predicted octanol–water partition coefficient (Wildman–Crippen LogP) is 2.79. The van der Waals surface area contributed by atoms with Crippen LogP contribution in [-0.4, -0.2) is 47.9 Å². The second-order valence-corrected chi connectivity index (χ2v) is 7.87. The van der Waals surface area contributed by atoms with Gasteiger partial charge in [0.05, 0.1) is 31.2 Å². The maximum absolute atomic E-state index is 13.2. The van der Waals surface area contributed by atoms with Gasteiger partial charge in [-0.25, -0.2) is 0 Å². The summed E-state index contributed by atoms with van der Waals surface area (Å²) in [5, 5.41) is 10.7. The lowest BCUT2D eigenvalue weighted by atomic mass is 9.94. The molecule has 0 radical (unpaired) electrons. The Morgan fingerprint density at radius 3 is 2.33 bits per heavy atom. The molecule has 0 saturated carbocycles. The maximum Gasteiger partial charge on any atom is 0.290 e. The molecule has 1 aliphatic rings. The molecule has 6 nitrogen and oxygen atoms in total. The zero-order valence-electron chi connectivity index (χ0n) is 18.2. The lowest BCUT2D eigenvalue weighted by Crippen LogP contribution is -3.11. The monoisotopic (exact) mass is 411 g/mol. The second-order valence-electron chi connectivity index (χ2n) is 7.87. The van der Waals surface area contributed by atoms with Crippen LogP contribution in [0.25, 0.3) is 0 Å². The molecule has 1 aliphatic heterocycles. The van der Waals surface area contributed by atoms with Crippen LogP contribution in [0.2, 0.25) is 0 Å². The zero-order chi connectivity index (χ0) is 21.8. The van der Waals surface area contributed by atoms with E-state index in [0.29, 0.717) is 12.3 Å². The third kappa shape index (κ3) is 4.33. The van der Waals surface area contributed by atoms with Crippen LogP contribution in [0, 0.1) is 13.8 Å². The summed E-state index contributed by atoms with van der Waals surface area (Å²) >= 11 is 0. The Morgan fingerprint density at radius 2 is 1.77 bits per heavy atom. The van der Waals surface area contributed by atoms with Gasteiger partial charge in [0.15, 0.2) is 11.5 Å². The molecular formula is C24H31N2O4+. The molecule has 0 aliphatic carbocycles. The van der Waals surface area contributed by atoms with Gasteiger partial charge in [-0.1, -0.05) is 29.8 Å². The third-order valence-electron chi connectivity index (χ3n) is 5.83. The number of aryl methyl sites for hydroxylation is 2. The molecular weight excluding hydrogens is 380 g/mol. The van der Waals surface area contributed by atoms with E-state index in [4.69, 9.17) is 4.42 Å². The number of aliphatic hydroxyl groups excluding tert-OH is 1. The Morgan fingerprint density at radius 1 is 1.10 bits per heavy atom. The van der Waals surface area contributed by atoms with E-state index in [1.54, 1.807) is 24.0 Å². The van der Waals surface area contributed by atoms with Gasteiger partial charge >= 0.3 is 0 Å². The van der Waals surface area contributed by atoms with Crippen LogP contribution in [0.3, 0.4) is 0 Å². The maximum atomic E-state index is 13.2. The molecule has 3 rings (SSSR count). The van der Waals surface area contributed by atoms with E-state index in [9.17, 15) is 14.7 Å². The van der Waals surface area contributed by atoms with E-state index < -0.39 is 23.5 Å². The van der Waals surface area contributed by atoms with Crippen LogP contribution in [-0.2, 0) is 4.79 Å². The summed E-state index contributed by atoms with van der Waals surface area (Å²) in [6, 6.07) is 10.4. The summed E-state index contributed by atoms with van der Waals surface area (Å²) in [4.78, 5) is 29.2. The Labute approximate surface area is 177 Å². The third-order valence-corrected chi connectivity index (χ3v) is 5.83. The van der Waals surface area contributed by atoms with E-state index in [-0.39, 0.29) is 11.3 Å². The van der Waals surface area contributed by atoms with Crippen molar-refractivity contribution in [2.24, 2.45) is 0 Å². The largest absolute Gasteiger partial charge is 0.503 e. The van der Waals surface area contributed by atoms with E-state index >= 15 is 0 Å². The highest BCUT2D eigenvalue weighted by Gasteiger charge is 2.44. The Balaban J connectivity index is 1.94. The average Bonchev–Trinajstić information content (AvgIpc) is 3.28. The van der Waals surface area contributed by atoms with Crippen molar-refractivity contribution >= 4 is 11.7 Å². The molecule has 0 saturated heterocycles. The van der Waals surface area contributed by atoms with Crippen molar-refractivity contribution in [2.75, 3.05) is 26.2 Å². The first kappa shape index (κ1) is 21.8. The van der Waals surface area contributed by atoms with Gasteiger partial charge in [-0.15, -0.1) is 0 Å². The van der Waals surface area contributed by atoms with Crippen molar-refractivity contribution < 1.29 is 24.0 Å². The summed E-state index contributed by atoms with van der Waals surface area (Å²) in [5.41, 5.74) is 1.98. The molecule has 1 amide bonds. The minimum absolute atomic E-state index is 0.0911. The minimum Gasteiger partial charge on any atom is -0.503 e. The van der Waals surface area contributed by atoms with Gasteiger partial charge in [0.25, 0.3) is 5.91 Å². The molecule has 6 heteroatoms. The first-order chi connectivity index (χ1) is 14.4. The smallest absolute Gasteiger partial charge is 0.290 e. The van der Waals surface area contributed by atoms with Crippen molar-refractivity contribution in [3.05, 3.63) is 70.4 Å². The fraction of sp³-hybridized carbons (Fsp3) is 0.417. The first-order valence-electron chi connectivity index (χ1n) is 10.6. The molecule has 2 N–H and O–H groups in total. The van der Waals surface area contributed by atoms with Gasteiger partial charge in [-0.2, -0.15) is 0 Å². The highest BCUT2D eigenvalue weighted by Crippen LogP contribution is 2.39. The molecule has 1 atom stereocenters. The number of amides is 1. The molecule has 1 aromatic heterocycles. The van der Waals surface area contributed by atoms with Crippen LogP contribution < -0.4 is 4.90 Å². The van der Waals surface area contributed by atoms with Crippen molar-refractivity contribution in [1.29, 1.82) is 0 Å². The minimum atomic E-state index is -0.622. The van der Waals surface area contributed by atoms with Crippen LogP contribution >= 0.6 is 0 Å². The lowest BCUT2D eigenvalue weighted by molar-refractivity contribution is -0.896. The Bertz CT molecular complexity index is 938. The topological polar surface area (TPSA) is 75.2 Å². The molecule has 1 aromatic carbocycles. The summed E-state index contributed by atoms with van der Waals surface area (Å²) in [5.74, 6) is -0.685. The number of hydrogen-bond donors (Lipinski definition) is 2. The second kappa shape index (κ2) is 9.30. The van der Waals surface area contributed by atoms with Gasteiger partial charge in [0.1, 0.15) is 5.76 Å². The quantitative estimate of drug-likeness (QED) is 0.622. The number of furan rings is 1. The van der Waals surface area contributed by atoms with Crippen LogP contribution in [0.4, 0.5) is 0 Å². The molecule has 0 unspecified atom stereocenters. The number of nitrogens with one attached hydrogen (secondary N) is 1. The van der Waals surface area contributed by atoms with E-state index in [1.165, 1.54) is 4.90 Å². The van der Waals surface area contributed by atoms with Gasteiger partial charge < -0.3 is 19.3 Å². The van der Waals surface area contributed by atoms with Gasteiger partial charge in [-0.3, -0.25) is 9.59 Å². The molecule has 0 bridgehead atoms. The number of quaternary nitrogens is 1. The molecule has 160 valence electrons. The van der Waals surface area contributed by atoms with Crippen LogP contribution in [0.15, 0.2) is 52.1 Å². The SMILES string of the molecule is CC[NH+](CC)CCCN1C(=O)C(O)=C(C(=O)c2ccc(C)o2)[C@@H]1c1ccc(C)cc1. The highest BCUT2D eigenvalue weighted by atomic mass is 16.3. The number of carbonyl (C=O) groups is 2. The molecule has 0 spiro atoms. The molecule has 2 aromatic rings. The van der Waals surface area contributed by atoms with Crippen molar-refractivity contribution in [3.63, 3.8) is 0 Å². The Hall–Kier alpha value is -2.86. The fourth-order valence-electron chi connectivity index (χ4n) is 4.00. The number of Topliss-reactive ketones (excluding diaryl/α,β-unsaturated/α-hetero) is 1. The van der Waals surface area contributed by atoms with Crippen LogP contribution in [0.1, 0.15) is 53.8 Å². The number of carbonyl (C=O) groups excluding carboxylic acids is 2. The van der Waals surface area contributed by atoms with Gasteiger partial charge in [-0.05, 0) is 45.4 Å². The number of benzene rings is 1. The predicted molar refractivity (Wildman–Crippen MR) is 115 cm³/mol. The summed E-state index contributed by atoms with van der Waals surface area (Å²) in [7, 11) is 0. The average molecular weight is 412 g/mol. The van der Waals surface area contributed by atoms with E-state index in [0.717, 1.165) is 37.2 Å². The summed E-state index contributed by atoms with van der Waals surface area (Å²) < 4.78 is 5.49. The number of rotatable bonds is 9. The first-order valence-corrected chi connectivity index (χ1v) is 10.6. The summed E-state index contributed by atoms with van der Waals surface area (Å²) in [6.45, 7) is 11.5. The zero-order valence-corrected chi connectivity index (χ0v) is 18.2. The normalized spacial score (nSPS) is 16.8. The van der Waals surface area contributed by atoms with Crippen LogP contribution in [0.5, 0.6) is 0 Å². The van der Waals surface area contributed by atoms with E-state index in [2.05, 4.69) is 13.8 Å². The number of hydrogen-bond acceptors (Lipinski definition) is 4. The van der Waals surface area contributed by atoms with Crippen molar-refractivity contribution in [1.82, 2.24) is 4.90 Å². The molecule has 0 fully saturated rings. The molecule has 2 heterocycles. The lowest BCUT2D eigenvalue weighted by Gasteiger charge is -2.27. The highest BCUT2D eigenvalue weighted by molar-refractivity contribution is 6.15. The Kier molecular flexibility index (Phi) is 6.77. The molecule has 30 heavy (non-hydrogen) atoms. The van der Waals surface area contributed by atoms with Gasteiger partial charge in [0.2, 0.25) is 5.78 Å². The number of nitrogens with zero attached hydrogens (tertiary/aromatic N) is 1. The van der Waals surface area contributed by atoms with Crippen molar-refractivity contribution in [3.8, 4) is 0 Å². The van der Waals surface area contributed by atoms with E-state index in [1.807, 2.05) is 31.2 Å². The summed E-state index contributed by atoms with van der Waals surface area (Å²) in [6.07, 6.45) is 0.791. The van der Waals surface area contributed by atoms with Crippen molar-refractivity contribution in [2.45, 2.75) is 40.2 Å². The number of aliphatic hydroxyl groups is 1.